The van der Waals surface area contributed by atoms with E-state index >= 15 is 0 Å². The Morgan fingerprint density at radius 1 is 1.67 bits per heavy atom. The zero-order valence-electron chi connectivity index (χ0n) is 4.40. The maximum atomic E-state index is 4.86. The second-order valence-electron chi connectivity index (χ2n) is 1.11. The molecule has 0 amide bonds. The van der Waals surface area contributed by atoms with Crippen LogP contribution in [0.4, 0.5) is 0 Å². The zero-order valence-corrected chi connectivity index (χ0v) is 4.40. The maximum Gasteiger partial charge on any atom is 0.288 e. The highest BCUT2D eigenvalue weighted by Crippen LogP contribution is 1.74. The maximum absolute atomic E-state index is 4.86. The Hall–Kier alpha value is 0.0249. The molecule has 1 nitrogen and oxygen atoms in total. The SMILES string of the molecule is C[B]OCCC. The lowest BCUT2D eigenvalue weighted by Crippen LogP contribution is -1.92. The molecule has 6 heavy (non-hydrogen) atoms. The minimum atomic E-state index is 0.858. The van der Waals surface area contributed by atoms with Crippen molar-refractivity contribution in [2.24, 2.45) is 0 Å². The van der Waals surface area contributed by atoms with Crippen molar-refractivity contribution in [1.29, 1.82) is 0 Å². The standard InChI is InChI=1S/C4H10BO/c1-3-4-6-5-2/h3-4H2,1-2H3. The average molecular weight is 84.9 g/mol. The third-order valence-corrected chi connectivity index (χ3v) is 0.489. The van der Waals surface area contributed by atoms with Gasteiger partial charge in [0.1, 0.15) is 0 Å². The van der Waals surface area contributed by atoms with Gasteiger partial charge >= 0.3 is 0 Å². The Kier molecular flexibility index (Phi) is 5.05. The van der Waals surface area contributed by atoms with E-state index in [1.807, 2.05) is 6.82 Å². The Morgan fingerprint density at radius 3 is 2.50 bits per heavy atom. The van der Waals surface area contributed by atoms with Gasteiger partial charge in [0, 0.05) is 6.61 Å². The van der Waals surface area contributed by atoms with Crippen molar-refractivity contribution in [3.05, 3.63) is 0 Å². The summed E-state index contributed by atoms with van der Waals surface area (Å²) in [6.45, 7) is 4.83. The lowest BCUT2D eigenvalue weighted by Gasteiger charge is -1.90. The summed E-state index contributed by atoms with van der Waals surface area (Å²) in [5, 5.41) is 0. The summed E-state index contributed by atoms with van der Waals surface area (Å²) in [6, 6.07) is 0. The molecule has 0 aliphatic carbocycles. The van der Waals surface area contributed by atoms with Crippen molar-refractivity contribution in [2.75, 3.05) is 6.61 Å². The Balaban J connectivity index is 2.34. The fourth-order valence-corrected chi connectivity index (χ4v) is 0.236. The van der Waals surface area contributed by atoms with Crippen molar-refractivity contribution in [3.63, 3.8) is 0 Å². The molecule has 0 aliphatic rings. The average Bonchev–Trinajstić information content (AvgIpc) is 1.61. The summed E-state index contributed by atoms with van der Waals surface area (Å²) in [5.74, 6) is 0. The topological polar surface area (TPSA) is 9.23 Å². The van der Waals surface area contributed by atoms with Crippen LogP contribution in [0.2, 0.25) is 6.82 Å². The molecule has 0 aromatic carbocycles. The van der Waals surface area contributed by atoms with Crippen LogP contribution in [0, 0.1) is 0 Å². The van der Waals surface area contributed by atoms with Gasteiger partial charge in [-0.05, 0) is 6.42 Å². The summed E-state index contributed by atoms with van der Waals surface area (Å²) in [4.78, 5) is 0. The molecule has 0 heterocycles. The van der Waals surface area contributed by atoms with Crippen LogP contribution in [0.1, 0.15) is 13.3 Å². The van der Waals surface area contributed by atoms with Crippen LogP contribution < -0.4 is 0 Å². The summed E-state index contributed by atoms with van der Waals surface area (Å²) < 4.78 is 4.86. The van der Waals surface area contributed by atoms with E-state index in [0.717, 1.165) is 13.0 Å². The molecule has 0 aromatic heterocycles. The van der Waals surface area contributed by atoms with Gasteiger partial charge in [0.15, 0.2) is 0 Å². The minimum absolute atomic E-state index is 0.858. The monoisotopic (exact) mass is 85.1 g/mol. The molecule has 0 bridgehead atoms. The van der Waals surface area contributed by atoms with Gasteiger partial charge in [-0.15, -0.1) is 0 Å². The zero-order chi connectivity index (χ0) is 4.83. The van der Waals surface area contributed by atoms with Gasteiger partial charge in [0.05, 0.1) is 0 Å². The van der Waals surface area contributed by atoms with Gasteiger partial charge < -0.3 is 4.65 Å². The lowest BCUT2D eigenvalue weighted by molar-refractivity contribution is 0.338. The van der Waals surface area contributed by atoms with Crippen LogP contribution >= 0.6 is 0 Å². The molecule has 2 heteroatoms. The predicted molar refractivity (Wildman–Crippen MR) is 27.9 cm³/mol. The molecule has 35 valence electrons. The largest absolute Gasteiger partial charge is 0.441 e. The molecular weight excluding hydrogens is 74.9 g/mol. The lowest BCUT2D eigenvalue weighted by atomic mass is 10.1. The number of rotatable bonds is 3. The van der Waals surface area contributed by atoms with E-state index in [9.17, 15) is 0 Å². The van der Waals surface area contributed by atoms with Crippen molar-refractivity contribution in [2.45, 2.75) is 20.2 Å². The Bertz CT molecular complexity index is 19.5. The first-order valence-corrected chi connectivity index (χ1v) is 2.31. The van der Waals surface area contributed by atoms with E-state index in [1.165, 1.54) is 0 Å². The predicted octanol–water partition coefficient (Wildman–Crippen LogP) is 1.08. The van der Waals surface area contributed by atoms with E-state index in [1.54, 1.807) is 7.48 Å². The van der Waals surface area contributed by atoms with Crippen molar-refractivity contribution in [1.82, 2.24) is 0 Å². The molecule has 0 aliphatic heterocycles. The molecule has 0 saturated carbocycles. The van der Waals surface area contributed by atoms with Gasteiger partial charge in [-0.2, -0.15) is 0 Å². The van der Waals surface area contributed by atoms with Gasteiger partial charge in [-0.25, -0.2) is 0 Å². The van der Waals surface area contributed by atoms with E-state index in [0.29, 0.717) is 0 Å². The summed E-state index contributed by atoms with van der Waals surface area (Å²) in [6.07, 6.45) is 1.10. The van der Waals surface area contributed by atoms with Crippen LogP contribution in [0.25, 0.3) is 0 Å². The number of hydrogen-bond acceptors (Lipinski definition) is 1. The smallest absolute Gasteiger partial charge is 0.288 e. The van der Waals surface area contributed by atoms with Gasteiger partial charge in [-0.3, -0.25) is 0 Å². The third kappa shape index (κ3) is 4.02. The summed E-state index contributed by atoms with van der Waals surface area (Å²) in [7, 11) is 1.71. The summed E-state index contributed by atoms with van der Waals surface area (Å²) in [5.41, 5.74) is 0. The molecular formula is C4H10BO. The van der Waals surface area contributed by atoms with E-state index in [4.69, 9.17) is 4.65 Å². The van der Waals surface area contributed by atoms with E-state index in [2.05, 4.69) is 6.92 Å². The van der Waals surface area contributed by atoms with Crippen LogP contribution in [0.3, 0.4) is 0 Å². The van der Waals surface area contributed by atoms with Gasteiger partial charge in [-0.1, -0.05) is 13.7 Å². The quantitative estimate of drug-likeness (QED) is 0.368. The Morgan fingerprint density at radius 2 is 2.33 bits per heavy atom. The second-order valence-corrected chi connectivity index (χ2v) is 1.11. The second kappa shape index (κ2) is 5.02. The molecule has 0 N–H and O–H groups in total. The minimum Gasteiger partial charge on any atom is -0.441 e. The molecule has 0 fully saturated rings. The first-order valence-electron chi connectivity index (χ1n) is 2.31. The first-order chi connectivity index (χ1) is 2.91. The first kappa shape index (κ1) is 6.02. The highest BCUT2D eigenvalue weighted by Gasteiger charge is 1.75. The molecule has 0 atom stereocenters. The normalized spacial score (nSPS) is 8.33. The fourth-order valence-electron chi connectivity index (χ4n) is 0.236. The van der Waals surface area contributed by atoms with Crippen molar-refractivity contribution >= 4 is 7.48 Å². The van der Waals surface area contributed by atoms with Gasteiger partial charge in [0.2, 0.25) is 0 Å². The van der Waals surface area contributed by atoms with Gasteiger partial charge in [0.25, 0.3) is 7.48 Å². The highest BCUT2D eigenvalue weighted by atomic mass is 16.4. The number of hydrogen-bond donors (Lipinski definition) is 0. The van der Waals surface area contributed by atoms with Crippen LogP contribution in [-0.4, -0.2) is 14.1 Å². The van der Waals surface area contributed by atoms with Crippen LogP contribution in [0.5, 0.6) is 0 Å². The molecule has 1 radical (unpaired) electrons. The van der Waals surface area contributed by atoms with E-state index in [-0.39, 0.29) is 0 Å². The molecule has 0 spiro atoms. The third-order valence-electron chi connectivity index (χ3n) is 0.489. The fraction of sp³-hybridized carbons (Fsp3) is 1.00. The van der Waals surface area contributed by atoms with Crippen molar-refractivity contribution < 1.29 is 4.65 Å². The van der Waals surface area contributed by atoms with E-state index < -0.39 is 0 Å². The van der Waals surface area contributed by atoms with Crippen LogP contribution in [0.15, 0.2) is 0 Å². The van der Waals surface area contributed by atoms with Crippen molar-refractivity contribution in [3.8, 4) is 0 Å². The Labute approximate surface area is 40.0 Å². The molecule has 0 unspecified atom stereocenters. The molecule has 0 rings (SSSR count). The molecule has 0 saturated heterocycles. The molecule has 0 aromatic rings. The highest BCUT2D eigenvalue weighted by molar-refractivity contribution is 6.24. The van der Waals surface area contributed by atoms with Crippen LogP contribution in [-0.2, 0) is 4.65 Å². The summed E-state index contributed by atoms with van der Waals surface area (Å²) >= 11 is 0.